The van der Waals surface area contributed by atoms with Gasteiger partial charge in [0.05, 0.1) is 25.0 Å². The molecule has 11 heteroatoms. The molecule has 1 aliphatic rings. The van der Waals surface area contributed by atoms with E-state index in [1.165, 1.54) is 7.05 Å². The number of unbranched alkanes of at least 4 members (excludes halogenated alkanes) is 2. The van der Waals surface area contributed by atoms with Gasteiger partial charge in [-0.25, -0.2) is 17.2 Å². The summed E-state index contributed by atoms with van der Waals surface area (Å²) in [5.41, 5.74) is 2.41. The molecule has 238 valence electrons. The molecule has 0 unspecified atom stereocenters. The van der Waals surface area contributed by atoms with E-state index < -0.39 is 45.8 Å². The molecular formula is C32H45F2N3O5S. The number of nitrogens with zero attached hydrogens (tertiary/aromatic N) is 1. The molecule has 1 amide bonds. The van der Waals surface area contributed by atoms with Crippen LogP contribution < -0.4 is 15.4 Å². The van der Waals surface area contributed by atoms with Crippen LogP contribution in [0.3, 0.4) is 0 Å². The van der Waals surface area contributed by atoms with Crippen molar-refractivity contribution >= 4 is 15.9 Å². The van der Waals surface area contributed by atoms with Crippen molar-refractivity contribution in [3.05, 3.63) is 76.9 Å². The maximum absolute atomic E-state index is 14.0. The number of halogens is 2. The number of aliphatic hydroxyl groups excluding tert-OH is 1. The zero-order chi connectivity index (χ0) is 31.4. The summed E-state index contributed by atoms with van der Waals surface area (Å²) in [6, 6.07) is 6.93. The second kappa shape index (κ2) is 16.8. The smallest absolute Gasteiger partial charge is 0.239 e. The Morgan fingerprint density at radius 1 is 1.07 bits per heavy atom. The number of hydrogen-bond donors (Lipinski definition) is 3. The lowest BCUT2D eigenvalue weighted by Gasteiger charge is -2.30. The standard InChI is InChI=1S/C32H45F2N3O5S/c1-4-5-10-15-43(40,41)37(2)30-12-9-7-6-8-11-24-13-14-28(42-3)19-25(24)21-35-22-31(38)29(36-32(30)39)18-23-16-26(33)20-27(34)17-23/h7,9,13-14,16-17,19-20,29-31,35,38H,4-6,8,10-12,15,18,21-22H2,1-3H3,(H,36,39)/b9-7-/t29-,30-,31+/m0/s1. The van der Waals surface area contributed by atoms with Crippen LogP contribution in [0.2, 0.25) is 0 Å². The third kappa shape index (κ3) is 10.7. The number of aliphatic hydroxyl groups is 1. The molecule has 2 aromatic carbocycles. The quantitative estimate of drug-likeness (QED) is 0.286. The number of fused-ring (bicyclic) bond motifs is 1. The molecule has 8 nitrogen and oxygen atoms in total. The number of nitrogens with one attached hydrogen (secondary N) is 2. The maximum atomic E-state index is 14.0. The third-order valence-electron chi connectivity index (χ3n) is 7.78. The van der Waals surface area contributed by atoms with Gasteiger partial charge in [0.15, 0.2) is 0 Å². The monoisotopic (exact) mass is 621 g/mol. The van der Waals surface area contributed by atoms with E-state index in [2.05, 4.69) is 10.6 Å². The number of carbonyl (C=O) groups is 1. The van der Waals surface area contributed by atoms with Crippen LogP contribution in [-0.4, -0.2) is 68.4 Å². The molecule has 0 saturated carbocycles. The molecule has 1 heterocycles. The number of methoxy groups -OCH3 is 1. The molecule has 3 atom stereocenters. The number of ether oxygens (including phenoxy) is 1. The summed E-state index contributed by atoms with van der Waals surface area (Å²) in [6.07, 6.45) is 7.19. The molecular weight excluding hydrogens is 576 g/mol. The van der Waals surface area contributed by atoms with Gasteiger partial charge in [0, 0.05) is 26.2 Å². The van der Waals surface area contributed by atoms with E-state index in [1.807, 2.05) is 37.3 Å². The Labute approximate surface area is 254 Å². The van der Waals surface area contributed by atoms with Gasteiger partial charge in [-0.2, -0.15) is 4.31 Å². The highest BCUT2D eigenvalue weighted by Crippen LogP contribution is 2.21. The SMILES string of the molecule is CCCCCS(=O)(=O)N(C)[C@H]1C/C=C\CCCc2ccc(OC)cc2CNC[C@@H](O)[C@H](Cc2cc(F)cc(F)c2)NC1=O. The minimum Gasteiger partial charge on any atom is -0.497 e. The number of carbonyl (C=O) groups excluding carboxylic acids is 1. The zero-order valence-electron chi connectivity index (χ0n) is 25.3. The summed E-state index contributed by atoms with van der Waals surface area (Å²) >= 11 is 0. The summed E-state index contributed by atoms with van der Waals surface area (Å²) in [7, 11) is -0.739. The Balaban J connectivity index is 1.93. The highest BCUT2D eigenvalue weighted by Gasteiger charge is 2.33. The minimum absolute atomic E-state index is 0.0646. The molecule has 0 fully saturated rings. The lowest BCUT2D eigenvalue weighted by Crippen LogP contribution is -2.55. The van der Waals surface area contributed by atoms with Gasteiger partial charge in [-0.1, -0.05) is 38.0 Å². The van der Waals surface area contributed by atoms with E-state index in [-0.39, 0.29) is 30.7 Å². The van der Waals surface area contributed by atoms with Crippen molar-refractivity contribution in [1.29, 1.82) is 0 Å². The van der Waals surface area contributed by atoms with Gasteiger partial charge in [-0.15, -0.1) is 0 Å². The number of β-amino-alcohol motifs (C(OH)–C–C–N with tert-alkyl or cyclic N) is 1. The summed E-state index contributed by atoms with van der Waals surface area (Å²) in [5.74, 6) is -1.49. The van der Waals surface area contributed by atoms with Crippen molar-refractivity contribution in [2.45, 2.75) is 83.0 Å². The number of benzene rings is 2. The Hall–Kier alpha value is -2.86. The molecule has 0 aliphatic carbocycles. The number of hydrogen-bond acceptors (Lipinski definition) is 6. The number of allylic oxidation sites excluding steroid dienone is 1. The lowest BCUT2D eigenvalue weighted by molar-refractivity contribution is -0.126. The molecule has 0 saturated heterocycles. The van der Waals surface area contributed by atoms with Crippen molar-refractivity contribution in [2.24, 2.45) is 0 Å². The lowest BCUT2D eigenvalue weighted by atomic mass is 9.98. The predicted octanol–water partition coefficient (Wildman–Crippen LogP) is 4.25. The molecule has 3 N–H and O–H groups in total. The molecule has 2 aromatic rings. The van der Waals surface area contributed by atoms with Crippen molar-refractivity contribution in [2.75, 3.05) is 26.5 Å². The van der Waals surface area contributed by atoms with Gasteiger partial charge >= 0.3 is 0 Å². The molecule has 0 spiro atoms. The Morgan fingerprint density at radius 2 is 1.81 bits per heavy atom. The van der Waals surface area contributed by atoms with Gasteiger partial charge in [-0.3, -0.25) is 4.79 Å². The van der Waals surface area contributed by atoms with E-state index in [9.17, 15) is 27.1 Å². The number of likely N-dealkylation sites (N-methyl/N-ethyl adjacent to an activating group) is 1. The third-order valence-corrected chi connectivity index (χ3v) is 9.72. The van der Waals surface area contributed by atoms with Gasteiger partial charge < -0.3 is 20.5 Å². The topological polar surface area (TPSA) is 108 Å². The molecule has 1 aliphatic heterocycles. The molecule has 43 heavy (non-hydrogen) atoms. The average molecular weight is 622 g/mol. The van der Waals surface area contributed by atoms with Crippen LogP contribution in [0.25, 0.3) is 0 Å². The number of rotatable bonds is 9. The van der Waals surface area contributed by atoms with E-state index in [1.54, 1.807) is 7.11 Å². The van der Waals surface area contributed by atoms with Gasteiger partial charge in [0.25, 0.3) is 0 Å². The first-order chi connectivity index (χ1) is 20.5. The van der Waals surface area contributed by atoms with Crippen molar-refractivity contribution in [3.63, 3.8) is 0 Å². The molecule has 0 bridgehead atoms. The Bertz CT molecular complexity index is 1320. The van der Waals surface area contributed by atoms with Crippen LogP contribution >= 0.6 is 0 Å². The van der Waals surface area contributed by atoms with Gasteiger partial charge in [0.2, 0.25) is 15.9 Å². The van der Waals surface area contributed by atoms with Crippen molar-refractivity contribution in [3.8, 4) is 5.75 Å². The minimum atomic E-state index is -3.74. The van der Waals surface area contributed by atoms with Crippen LogP contribution in [-0.2, 0) is 34.2 Å². The number of aryl methyl sites for hydroxylation is 1. The number of amides is 1. The molecule has 0 aromatic heterocycles. The first kappa shape index (κ1) is 34.6. The maximum Gasteiger partial charge on any atom is 0.239 e. The number of sulfonamides is 1. The van der Waals surface area contributed by atoms with Crippen LogP contribution in [0.15, 0.2) is 48.6 Å². The highest BCUT2D eigenvalue weighted by molar-refractivity contribution is 7.89. The normalized spacial score (nSPS) is 21.7. The van der Waals surface area contributed by atoms with E-state index in [0.29, 0.717) is 18.7 Å². The van der Waals surface area contributed by atoms with E-state index in [0.717, 1.165) is 65.7 Å². The second-order valence-corrected chi connectivity index (χ2v) is 13.2. The highest BCUT2D eigenvalue weighted by atomic mass is 32.2. The van der Waals surface area contributed by atoms with E-state index >= 15 is 0 Å². The zero-order valence-corrected chi connectivity index (χ0v) is 26.1. The Kier molecular flexibility index (Phi) is 13.6. The van der Waals surface area contributed by atoms with Crippen LogP contribution in [0.5, 0.6) is 5.75 Å². The molecule has 0 radical (unpaired) electrons. The fraction of sp³-hybridized carbons (Fsp3) is 0.531. The summed E-state index contributed by atoms with van der Waals surface area (Å²) < 4.78 is 60.8. The van der Waals surface area contributed by atoms with E-state index in [4.69, 9.17) is 4.74 Å². The first-order valence-electron chi connectivity index (χ1n) is 14.9. The van der Waals surface area contributed by atoms with Gasteiger partial charge in [-0.05, 0) is 79.5 Å². The van der Waals surface area contributed by atoms with Crippen molar-refractivity contribution in [1.82, 2.24) is 14.9 Å². The predicted molar refractivity (Wildman–Crippen MR) is 164 cm³/mol. The van der Waals surface area contributed by atoms with Crippen molar-refractivity contribution < 1.29 is 31.8 Å². The summed E-state index contributed by atoms with van der Waals surface area (Å²) in [6.45, 7) is 2.47. The Morgan fingerprint density at radius 3 is 2.51 bits per heavy atom. The largest absolute Gasteiger partial charge is 0.497 e. The fourth-order valence-electron chi connectivity index (χ4n) is 5.23. The van der Waals surface area contributed by atoms with Crippen LogP contribution in [0.4, 0.5) is 8.78 Å². The average Bonchev–Trinajstić information content (AvgIpc) is 2.95. The van der Waals surface area contributed by atoms with Crippen LogP contribution in [0, 0.1) is 11.6 Å². The molecule has 3 rings (SSSR count). The van der Waals surface area contributed by atoms with Gasteiger partial charge in [0.1, 0.15) is 23.4 Å². The summed E-state index contributed by atoms with van der Waals surface area (Å²) in [4.78, 5) is 13.7. The fourth-order valence-corrected chi connectivity index (χ4v) is 6.65. The first-order valence-corrected chi connectivity index (χ1v) is 16.6. The van der Waals surface area contributed by atoms with Crippen LogP contribution in [0.1, 0.15) is 62.1 Å². The second-order valence-electron chi connectivity index (χ2n) is 11.1. The summed E-state index contributed by atoms with van der Waals surface area (Å²) in [5, 5.41) is 17.3.